The summed E-state index contributed by atoms with van der Waals surface area (Å²) in [5, 5.41) is 9.11. The van der Waals surface area contributed by atoms with Crippen molar-refractivity contribution in [3.63, 3.8) is 0 Å². The number of hydrogen-bond donors (Lipinski definition) is 1. The number of allylic oxidation sites excluding steroid dienone is 1. The largest absolute Gasteiger partial charge is 0.502 e. The van der Waals surface area contributed by atoms with Crippen molar-refractivity contribution >= 4 is 34.2 Å². The Morgan fingerprint density at radius 2 is 1.69 bits per heavy atom. The van der Waals surface area contributed by atoms with E-state index in [-0.39, 0.29) is 26.3 Å². The van der Waals surface area contributed by atoms with E-state index in [1.807, 2.05) is 13.8 Å². The molecule has 0 saturated heterocycles. The third-order valence-electron chi connectivity index (χ3n) is 2.04. The maximum atomic E-state index is 11.4. The van der Waals surface area contributed by atoms with Gasteiger partial charge in [0.05, 0.1) is 0 Å². The summed E-state index contributed by atoms with van der Waals surface area (Å²) in [7, 11) is 0. The van der Waals surface area contributed by atoms with Crippen molar-refractivity contribution in [3.05, 3.63) is 9.34 Å². The molecule has 13 heavy (non-hydrogen) atoms. The van der Waals surface area contributed by atoms with E-state index >= 15 is 0 Å². The lowest BCUT2D eigenvalue weighted by atomic mass is 9.74. The molecule has 1 saturated carbocycles. The van der Waals surface area contributed by atoms with E-state index in [1.54, 1.807) is 22.6 Å². The van der Waals surface area contributed by atoms with E-state index in [0.717, 1.165) is 0 Å². The maximum Gasteiger partial charge on any atom is 0.171 e. The van der Waals surface area contributed by atoms with Crippen LogP contribution in [0.2, 0.25) is 0 Å². The summed E-state index contributed by atoms with van der Waals surface area (Å²) in [6.07, 6.45) is 0.669. The van der Waals surface area contributed by atoms with Crippen LogP contribution in [0, 0.1) is 5.41 Å². The van der Waals surface area contributed by atoms with Gasteiger partial charge in [0.2, 0.25) is 0 Å². The molecule has 0 amide bonds. The van der Waals surface area contributed by atoms with Crippen LogP contribution in [0.25, 0.3) is 0 Å². The number of hydrogen-bond acceptors (Lipinski definition) is 3. The number of carbonyl (C=O) groups is 2. The summed E-state index contributed by atoms with van der Waals surface area (Å²) < 4.78 is -0.178. The standard InChI is InChI=1S/C9H11IO3/c1-9(2)3-5(11)7(8(10)13)6(12)4-9/h13H,3-4H2,1-2H3. The van der Waals surface area contributed by atoms with Crippen LogP contribution in [0.15, 0.2) is 9.34 Å². The summed E-state index contributed by atoms with van der Waals surface area (Å²) in [5.74, 6) is -0.485. The van der Waals surface area contributed by atoms with Crippen molar-refractivity contribution < 1.29 is 14.7 Å². The maximum absolute atomic E-state index is 11.4. The Morgan fingerprint density at radius 1 is 1.31 bits per heavy atom. The van der Waals surface area contributed by atoms with Crippen LogP contribution in [0.4, 0.5) is 0 Å². The molecular formula is C9H11IO3. The first-order chi connectivity index (χ1) is 5.83. The molecule has 0 unspecified atom stereocenters. The van der Waals surface area contributed by atoms with Gasteiger partial charge in [-0.2, -0.15) is 0 Å². The van der Waals surface area contributed by atoms with Gasteiger partial charge in [0, 0.05) is 12.8 Å². The fourth-order valence-corrected chi connectivity index (χ4v) is 2.10. The quantitative estimate of drug-likeness (QED) is 0.322. The minimum Gasteiger partial charge on any atom is -0.502 e. The third-order valence-corrected chi connectivity index (χ3v) is 2.58. The number of ketones is 2. The molecule has 0 spiro atoms. The number of aliphatic hydroxyl groups is 1. The van der Waals surface area contributed by atoms with Crippen molar-refractivity contribution in [3.8, 4) is 0 Å². The minimum atomic E-state index is -0.260. The molecule has 3 nitrogen and oxygen atoms in total. The number of halogens is 1. The second-order valence-corrected chi connectivity index (χ2v) is 5.05. The Balaban J connectivity index is 3.04. The van der Waals surface area contributed by atoms with E-state index < -0.39 is 0 Å². The minimum absolute atomic E-state index is 0.0140. The highest BCUT2D eigenvalue weighted by Crippen LogP contribution is 2.35. The molecule has 0 radical (unpaired) electrons. The highest BCUT2D eigenvalue weighted by atomic mass is 127. The highest BCUT2D eigenvalue weighted by molar-refractivity contribution is 14.1. The van der Waals surface area contributed by atoms with Gasteiger partial charge in [-0.15, -0.1) is 0 Å². The first-order valence-corrected chi connectivity index (χ1v) is 5.06. The van der Waals surface area contributed by atoms with E-state index in [4.69, 9.17) is 5.11 Å². The van der Waals surface area contributed by atoms with Crippen LogP contribution in [-0.4, -0.2) is 16.7 Å². The van der Waals surface area contributed by atoms with Crippen LogP contribution in [0.5, 0.6) is 0 Å². The van der Waals surface area contributed by atoms with Gasteiger partial charge in [0.25, 0.3) is 0 Å². The molecule has 0 aromatic rings. The Morgan fingerprint density at radius 3 is 2.00 bits per heavy atom. The van der Waals surface area contributed by atoms with Crippen molar-refractivity contribution in [2.24, 2.45) is 5.41 Å². The number of rotatable bonds is 0. The normalized spacial score (nSPS) is 21.9. The topological polar surface area (TPSA) is 54.4 Å². The van der Waals surface area contributed by atoms with E-state index in [0.29, 0.717) is 12.8 Å². The van der Waals surface area contributed by atoms with Gasteiger partial charge >= 0.3 is 0 Å². The molecule has 1 aliphatic rings. The lowest BCUT2D eigenvalue weighted by Gasteiger charge is -2.28. The first kappa shape index (κ1) is 10.7. The SMILES string of the molecule is CC1(C)CC(=O)C(=C(O)I)C(=O)C1. The van der Waals surface area contributed by atoms with Crippen molar-refractivity contribution in [2.75, 3.05) is 0 Å². The second-order valence-electron chi connectivity index (χ2n) is 4.03. The Bertz CT molecular complexity index is 276. The van der Waals surface area contributed by atoms with Gasteiger partial charge in [-0.25, -0.2) is 0 Å². The van der Waals surface area contributed by atoms with Crippen LogP contribution in [0.1, 0.15) is 26.7 Å². The summed E-state index contributed by atoms with van der Waals surface area (Å²) in [6.45, 7) is 3.76. The van der Waals surface area contributed by atoms with E-state index in [1.165, 1.54) is 0 Å². The Labute approximate surface area is 90.3 Å². The molecule has 1 N–H and O–H groups in total. The van der Waals surface area contributed by atoms with Crippen LogP contribution in [-0.2, 0) is 9.59 Å². The summed E-state index contributed by atoms with van der Waals surface area (Å²) in [5.41, 5.74) is -0.274. The van der Waals surface area contributed by atoms with Gasteiger partial charge in [-0.3, -0.25) is 9.59 Å². The van der Waals surface area contributed by atoms with Crippen LogP contribution >= 0.6 is 22.6 Å². The molecule has 4 heteroatoms. The summed E-state index contributed by atoms with van der Waals surface area (Å²) in [4.78, 5) is 22.8. The molecule has 0 heterocycles. The lowest BCUT2D eigenvalue weighted by molar-refractivity contribution is -0.127. The average molecular weight is 294 g/mol. The Kier molecular flexibility index (Phi) is 2.79. The monoisotopic (exact) mass is 294 g/mol. The molecule has 0 aromatic heterocycles. The third kappa shape index (κ3) is 2.30. The van der Waals surface area contributed by atoms with Crippen molar-refractivity contribution in [1.29, 1.82) is 0 Å². The van der Waals surface area contributed by atoms with Gasteiger partial charge in [-0.05, 0) is 28.0 Å². The van der Waals surface area contributed by atoms with Crippen molar-refractivity contribution in [1.82, 2.24) is 0 Å². The highest BCUT2D eigenvalue weighted by Gasteiger charge is 2.37. The zero-order valence-corrected chi connectivity index (χ0v) is 9.71. The molecule has 0 atom stereocenters. The molecule has 1 aliphatic carbocycles. The summed E-state index contributed by atoms with van der Waals surface area (Å²) in [6, 6.07) is 0. The van der Waals surface area contributed by atoms with E-state index in [2.05, 4.69) is 0 Å². The zero-order valence-electron chi connectivity index (χ0n) is 7.56. The predicted molar refractivity (Wildman–Crippen MR) is 56.7 cm³/mol. The van der Waals surface area contributed by atoms with E-state index in [9.17, 15) is 9.59 Å². The Hall–Kier alpha value is -0.390. The zero-order chi connectivity index (χ0) is 10.2. The molecule has 1 fully saturated rings. The molecule has 0 aromatic carbocycles. The smallest absolute Gasteiger partial charge is 0.171 e. The number of carbonyl (C=O) groups excluding carboxylic acids is 2. The molecule has 0 aliphatic heterocycles. The average Bonchev–Trinajstić information content (AvgIpc) is 1.78. The van der Waals surface area contributed by atoms with Gasteiger partial charge in [0.15, 0.2) is 15.3 Å². The van der Waals surface area contributed by atoms with Gasteiger partial charge < -0.3 is 5.11 Å². The molecule has 1 rings (SSSR count). The fraction of sp³-hybridized carbons (Fsp3) is 0.556. The predicted octanol–water partition coefficient (Wildman–Crippen LogP) is 2.15. The first-order valence-electron chi connectivity index (χ1n) is 3.99. The van der Waals surface area contributed by atoms with Gasteiger partial charge in [0.1, 0.15) is 5.57 Å². The van der Waals surface area contributed by atoms with Crippen molar-refractivity contribution in [2.45, 2.75) is 26.7 Å². The summed E-state index contributed by atoms with van der Waals surface area (Å²) >= 11 is 1.60. The molecule has 0 bridgehead atoms. The van der Waals surface area contributed by atoms with Gasteiger partial charge in [-0.1, -0.05) is 13.8 Å². The second kappa shape index (κ2) is 3.40. The van der Waals surface area contributed by atoms with Crippen LogP contribution in [0.3, 0.4) is 0 Å². The number of aliphatic hydroxyl groups excluding tert-OH is 1. The lowest BCUT2D eigenvalue weighted by Crippen LogP contribution is -2.31. The fourth-order valence-electron chi connectivity index (χ4n) is 1.49. The molecular weight excluding hydrogens is 283 g/mol. The molecule has 72 valence electrons. The number of Topliss-reactive ketones (excluding diaryl/α,β-unsaturated/α-hetero) is 2. The van der Waals surface area contributed by atoms with Crippen LogP contribution < -0.4 is 0 Å².